The number of aliphatic hydroxyl groups excluding tert-OH is 2. The van der Waals surface area contributed by atoms with Crippen LogP contribution in [0.5, 0.6) is 0 Å². The number of aliphatic hydroxyl groups is 2. The highest BCUT2D eigenvalue weighted by molar-refractivity contribution is 5.85. The maximum absolute atomic E-state index is 11.1. The zero-order valence-corrected chi connectivity index (χ0v) is 12.1. The van der Waals surface area contributed by atoms with Gasteiger partial charge in [-0.2, -0.15) is 0 Å². The number of nitrogens with one attached hydrogen (secondary N) is 1. The average molecular weight is 306 g/mol. The van der Waals surface area contributed by atoms with Crippen molar-refractivity contribution in [2.45, 2.75) is 12.8 Å². The van der Waals surface area contributed by atoms with Gasteiger partial charge in [0.15, 0.2) is 0 Å². The summed E-state index contributed by atoms with van der Waals surface area (Å²) in [5.74, 6) is 0. The van der Waals surface area contributed by atoms with Gasteiger partial charge < -0.3 is 15.2 Å². The Morgan fingerprint density at radius 2 is 2.05 bits per heavy atom. The number of hydrazine groups is 1. The molecule has 0 spiro atoms. The summed E-state index contributed by atoms with van der Waals surface area (Å²) in [5, 5.41) is 30.4. The largest absolute Gasteiger partial charge is 0.396 e. The molecule has 0 aliphatic carbocycles. The van der Waals surface area contributed by atoms with Gasteiger partial charge in [-0.25, -0.2) is 5.43 Å². The van der Waals surface area contributed by atoms with Crippen molar-refractivity contribution in [3.05, 3.63) is 33.9 Å². The van der Waals surface area contributed by atoms with E-state index < -0.39 is 4.92 Å². The molecular weight excluding hydrogens is 286 g/mol. The molecule has 1 aromatic carbocycles. The minimum Gasteiger partial charge on any atom is -0.396 e. The van der Waals surface area contributed by atoms with Crippen LogP contribution in [-0.2, 0) is 6.42 Å². The number of hydrogen-bond donors (Lipinski definition) is 3. The monoisotopic (exact) mass is 305 g/mol. The lowest BCUT2D eigenvalue weighted by Crippen LogP contribution is -2.36. The van der Waals surface area contributed by atoms with Crippen molar-refractivity contribution in [3.8, 4) is 0 Å². The quantitative estimate of drug-likeness (QED) is 0.487. The van der Waals surface area contributed by atoms with Crippen LogP contribution in [0, 0.1) is 10.1 Å². The van der Waals surface area contributed by atoms with Gasteiger partial charge in [-0.1, -0.05) is 6.07 Å². The second kappa shape index (κ2) is 9.49. The Morgan fingerprint density at radius 1 is 1.35 bits per heavy atom. The summed E-state index contributed by atoms with van der Waals surface area (Å²) in [6.07, 6.45) is 0.897. The van der Waals surface area contributed by atoms with Crippen LogP contribution >= 0.6 is 12.4 Å². The van der Waals surface area contributed by atoms with E-state index in [0.717, 1.165) is 5.56 Å². The van der Waals surface area contributed by atoms with E-state index in [4.69, 9.17) is 10.2 Å². The molecule has 0 saturated heterocycles. The molecule has 0 unspecified atom stereocenters. The molecular formula is C12H20ClN3O4. The number of anilines is 1. The van der Waals surface area contributed by atoms with Gasteiger partial charge in [0.05, 0.1) is 4.92 Å². The van der Waals surface area contributed by atoms with Crippen molar-refractivity contribution >= 4 is 23.8 Å². The predicted molar refractivity (Wildman–Crippen MR) is 79.2 cm³/mol. The van der Waals surface area contributed by atoms with Crippen LogP contribution in [-0.4, -0.2) is 41.9 Å². The van der Waals surface area contributed by atoms with E-state index in [1.807, 2.05) is 0 Å². The third-order valence-electron chi connectivity index (χ3n) is 2.74. The number of hydrogen-bond acceptors (Lipinski definition) is 6. The van der Waals surface area contributed by atoms with Crippen LogP contribution in [0.15, 0.2) is 18.2 Å². The van der Waals surface area contributed by atoms with Crippen molar-refractivity contribution < 1.29 is 15.1 Å². The van der Waals surface area contributed by atoms with E-state index in [0.29, 0.717) is 25.1 Å². The molecule has 114 valence electrons. The third kappa shape index (κ3) is 4.93. The lowest BCUT2D eigenvalue weighted by atomic mass is 10.1. The van der Waals surface area contributed by atoms with Gasteiger partial charge in [-0.3, -0.25) is 10.1 Å². The highest BCUT2D eigenvalue weighted by Gasteiger charge is 2.19. The molecule has 0 aliphatic rings. The fraction of sp³-hybridized carbons (Fsp3) is 0.500. The Kier molecular flexibility index (Phi) is 8.82. The van der Waals surface area contributed by atoms with Crippen LogP contribution in [0.2, 0.25) is 0 Å². The van der Waals surface area contributed by atoms with E-state index in [-0.39, 0.29) is 31.3 Å². The fourth-order valence-electron chi connectivity index (χ4n) is 1.81. The normalized spacial score (nSPS) is 9.95. The smallest absolute Gasteiger partial charge is 0.294 e. The molecule has 0 fully saturated rings. The molecule has 0 radical (unpaired) electrons. The molecule has 7 nitrogen and oxygen atoms in total. The summed E-state index contributed by atoms with van der Waals surface area (Å²) >= 11 is 0. The summed E-state index contributed by atoms with van der Waals surface area (Å²) in [6.45, 7) is 0.443. The van der Waals surface area contributed by atoms with Crippen LogP contribution < -0.4 is 10.4 Å². The summed E-state index contributed by atoms with van der Waals surface area (Å²) in [6, 6.07) is 4.87. The van der Waals surface area contributed by atoms with Crippen LogP contribution in [0.4, 0.5) is 11.4 Å². The lowest BCUT2D eigenvalue weighted by Gasteiger charge is -2.23. The van der Waals surface area contributed by atoms with Gasteiger partial charge in [0.25, 0.3) is 5.69 Å². The summed E-state index contributed by atoms with van der Waals surface area (Å²) in [4.78, 5) is 10.7. The first-order valence-corrected chi connectivity index (χ1v) is 6.08. The first kappa shape index (κ1) is 18.6. The van der Waals surface area contributed by atoms with Gasteiger partial charge in [0.1, 0.15) is 5.69 Å². The van der Waals surface area contributed by atoms with Gasteiger partial charge >= 0.3 is 0 Å². The van der Waals surface area contributed by atoms with Crippen LogP contribution in [0.1, 0.15) is 12.0 Å². The van der Waals surface area contributed by atoms with Gasteiger partial charge in [0, 0.05) is 32.9 Å². The molecule has 8 heteroatoms. The summed E-state index contributed by atoms with van der Waals surface area (Å²) < 4.78 is 0. The zero-order valence-electron chi connectivity index (χ0n) is 11.3. The van der Waals surface area contributed by atoms with E-state index >= 15 is 0 Å². The maximum Gasteiger partial charge on any atom is 0.294 e. The second-order valence-electron chi connectivity index (χ2n) is 4.01. The van der Waals surface area contributed by atoms with Crippen LogP contribution in [0.25, 0.3) is 0 Å². The van der Waals surface area contributed by atoms with Gasteiger partial charge in [-0.05, 0) is 24.5 Å². The van der Waals surface area contributed by atoms with Crippen molar-refractivity contribution in [3.63, 3.8) is 0 Å². The Labute approximate surface area is 123 Å². The first-order valence-electron chi connectivity index (χ1n) is 6.08. The fourth-order valence-corrected chi connectivity index (χ4v) is 1.81. The zero-order chi connectivity index (χ0) is 14.3. The molecule has 20 heavy (non-hydrogen) atoms. The predicted octanol–water partition coefficient (Wildman–Crippen LogP) is 0.875. The lowest BCUT2D eigenvalue weighted by molar-refractivity contribution is -0.384. The van der Waals surface area contributed by atoms with Gasteiger partial charge in [-0.15, -0.1) is 12.4 Å². The standard InChI is InChI=1S/C12H19N3O4.ClH/c1-13-14(6-2-7-16)11-4-3-10(5-8-17)9-12(11)15(18)19;/h3-4,9,13,16-17H,2,5-8H2,1H3;1H. The number of rotatable bonds is 8. The molecule has 0 heterocycles. The van der Waals surface area contributed by atoms with E-state index in [1.54, 1.807) is 24.2 Å². The topological polar surface area (TPSA) is 98.9 Å². The molecule has 0 amide bonds. The molecule has 1 aromatic rings. The highest BCUT2D eigenvalue weighted by Crippen LogP contribution is 2.28. The molecule has 0 atom stereocenters. The number of nitro benzene ring substituents is 1. The molecule has 0 aliphatic heterocycles. The SMILES string of the molecule is CNN(CCCO)c1ccc(CCO)cc1[N+](=O)[O-].Cl. The molecule has 0 aromatic heterocycles. The van der Waals surface area contributed by atoms with E-state index in [2.05, 4.69) is 5.43 Å². The van der Waals surface area contributed by atoms with E-state index in [9.17, 15) is 10.1 Å². The highest BCUT2D eigenvalue weighted by atomic mass is 35.5. The van der Waals surface area contributed by atoms with Crippen molar-refractivity contribution in [2.24, 2.45) is 0 Å². The molecule has 0 saturated carbocycles. The molecule has 1 rings (SSSR count). The Hall–Kier alpha value is -1.41. The van der Waals surface area contributed by atoms with Crippen molar-refractivity contribution in [2.75, 3.05) is 31.8 Å². The number of nitrogens with zero attached hydrogens (tertiary/aromatic N) is 2. The summed E-state index contributed by atoms with van der Waals surface area (Å²) in [5.41, 5.74) is 4.02. The number of benzene rings is 1. The Morgan fingerprint density at radius 3 is 2.55 bits per heavy atom. The van der Waals surface area contributed by atoms with Crippen molar-refractivity contribution in [1.82, 2.24) is 5.43 Å². The number of halogens is 1. The third-order valence-corrected chi connectivity index (χ3v) is 2.74. The first-order chi connectivity index (χ1) is 9.13. The summed E-state index contributed by atoms with van der Waals surface area (Å²) in [7, 11) is 1.67. The second-order valence-corrected chi connectivity index (χ2v) is 4.01. The molecule has 0 bridgehead atoms. The molecule has 3 N–H and O–H groups in total. The number of nitro groups is 1. The maximum atomic E-state index is 11.1. The Bertz CT molecular complexity index is 431. The minimum absolute atomic E-state index is 0. The van der Waals surface area contributed by atoms with Gasteiger partial charge in [0.2, 0.25) is 0 Å². The van der Waals surface area contributed by atoms with Crippen LogP contribution in [0.3, 0.4) is 0 Å². The van der Waals surface area contributed by atoms with E-state index in [1.165, 1.54) is 6.07 Å². The average Bonchev–Trinajstić information content (AvgIpc) is 2.40. The van der Waals surface area contributed by atoms with Crippen molar-refractivity contribution in [1.29, 1.82) is 0 Å². The minimum atomic E-state index is -0.445. The Balaban J connectivity index is 0.00000361.